The molecular weight excluding hydrogens is 444 g/mol. The molecule has 182 valence electrons. The van der Waals surface area contributed by atoms with Crippen LogP contribution in [0.1, 0.15) is 17.3 Å². The molecule has 0 aliphatic rings. The topological polar surface area (TPSA) is 191 Å². The highest BCUT2D eigenvalue weighted by atomic mass is 16.5. The molecule has 0 amide bonds. The number of benzene rings is 1. The van der Waals surface area contributed by atoms with E-state index in [0.29, 0.717) is 5.56 Å². The summed E-state index contributed by atoms with van der Waals surface area (Å²) in [7, 11) is 0. The van der Waals surface area contributed by atoms with Crippen molar-refractivity contribution >= 4 is 29.7 Å². The van der Waals surface area contributed by atoms with E-state index >= 15 is 0 Å². The fourth-order valence-corrected chi connectivity index (χ4v) is 2.72. The predicted molar refractivity (Wildman–Crippen MR) is 111 cm³/mol. The number of aliphatic carboxylic acids is 4. The van der Waals surface area contributed by atoms with Crippen molar-refractivity contribution in [2.24, 2.45) is 0 Å². The first-order valence-corrected chi connectivity index (χ1v) is 9.70. The van der Waals surface area contributed by atoms with Gasteiger partial charge in [-0.2, -0.15) is 0 Å². The molecule has 0 heterocycles. The van der Waals surface area contributed by atoms with E-state index in [9.17, 15) is 24.0 Å². The summed E-state index contributed by atoms with van der Waals surface area (Å²) in [6, 6.07) is 4.34. The van der Waals surface area contributed by atoms with E-state index in [0.717, 1.165) is 9.80 Å². The van der Waals surface area contributed by atoms with E-state index in [1.54, 1.807) is 0 Å². The van der Waals surface area contributed by atoms with Crippen molar-refractivity contribution in [3.8, 4) is 11.5 Å². The second-order valence-electron chi connectivity index (χ2n) is 6.91. The first-order valence-electron chi connectivity index (χ1n) is 9.70. The Bertz CT molecular complexity index is 840. The van der Waals surface area contributed by atoms with E-state index in [2.05, 4.69) is 0 Å². The van der Waals surface area contributed by atoms with Gasteiger partial charge in [0.2, 0.25) is 0 Å². The number of nitrogens with zero attached hydrogens (tertiary/aromatic N) is 2. The highest BCUT2D eigenvalue weighted by molar-refractivity contribution is 5.94. The van der Waals surface area contributed by atoms with Crippen LogP contribution in [-0.2, 0) is 19.2 Å². The Morgan fingerprint density at radius 3 is 1.45 bits per heavy atom. The number of hydrogen-bond donors (Lipinski definition) is 4. The quantitative estimate of drug-likeness (QED) is 0.215. The van der Waals surface area contributed by atoms with Gasteiger partial charge in [-0.05, 0) is 25.1 Å². The Morgan fingerprint density at radius 1 is 0.697 bits per heavy atom. The van der Waals surface area contributed by atoms with E-state index in [1.807, 2.05) is 0 Å². The minimum absolute atomic E-state index is 0.0164. The Hall–Kier alpha value is -3.71. The minimum Gasteiger partial charge on any atom is -0.488 e. The van der Waals surface area contributed by atoms with E-state index < -0.39 is 50.1 Å². The highest BCUT2D eigenvalue weighted by Gasteiger charge is 2.16. The summed E-state index contributed by atoms with van der Waals surface area (Å²) >= 11 is 0. The molecule has 0 saturated heterocycles. The maximum atomic E-state index is 11.7. The SMILES string of the molecule is CC(=O)c1ccc(OCCN(CC(=O)O)CC(=O)O)c(OCCN(CC(=O)O)CC(=O)O)c1. The van der Waals surface area contributed by atoms with Gasteiger partial charge < -0.3 is 29.9 Å². The summed E-state index contributed by atoms with van der Waals surface area (Å²) in [5.74, 6) is -4.72. The molecule has 0 atom stereocenters. The Labute approximate surface area is 188 Å². The summed E-state index contributed by atoms with van der Waals surface area (Å²) in [6.45, 7) is -0.897. The number of hydrogen-bond acceptors (Lipinski definition) is 9. The van der Waals surface area contributed by atoms with Gasteiger partial charge in [0.15, 0.2) is 17.3 Å². The van der Waals surface area contributed by atoms with Crippen molar-refractivity contribution in [2.45, 2.75) is 6.92 Å². The minimum atomic E-state index is -1.20. The van der Waals surface area contributed by atoms with Gasteiger partial charge in [0.1, 0.15) is 13.2 Å². The molecule has 0 saturated carbocycles. The van der Waals surface area contributed by atoms with Gasteiger partial charge in [-0.15, -0.1) is 0 Å². The van der Waals surface area contributed by atoms with Crippen molar-refractivity contribution in [3.05, 3.63) is 23.8 Å². The summed E-state index contributed by atoms with van der Waals surface area (Å²) in [4.78, 5) is 57.5. The van der Waals surface area contributed by atoms with Crippen LogP contribution < -0.4 is 9.47 Å². The largest absolute Gasteiger partial charge is 0.488 e. The maximum absolute atomic E-state index is 11.7. The molecule has 0 fully saturated rings. The van der Waals surface area contributed by atoms with Crippen LogP contribution in [0.25, 0.3) is 0 Å². The van der Waals surface area contributed by atoms with Crippen LogP contribution in [0.3, 0.4) is 0 Å². The van der Waals surface area contributed by atoms with Crippen LogP contribution >= 0.6 is 0 Å². The summed E-state index contributed by atoms with van der Waals surface area (Å²) in [5, 5.41) is 35.6. The molecule has 0 aliphatic heterocycles. The monoisotopic (exact) mass is 470 g/mol. The van der Waals surface area contributed by atoms with Crippen LogP contribution in [-0.4, -0.2) is 112 Å². The van der Waals surface area contributed by atoms with Gasteiger partial charge in [-0.25, -0.2) is 0 Å². The number of ketones is 1. The van der Waals surface area contributed by atoms with E-state index in [4.69, 9.17) is 29.9 Å². The third-order valence-electron chi connectivity index (χ3n) is 4.12. The molecule has 0 bridgehead atoms. The molecule has 0 radical (unpaired) electrons. The first kappa shape index (κ1) is 27.3. The van der Waals surface area contributed by atoms with E-state index in [-0.39, 0.29) is 43.6 Å². The molecule has 13 nitrogen and oxygen atoms in total. The number of carboxylic acids is 4. The summed E-state index contributed by atoms with van der Waals surface area (Å²) in [6.07, 6.45) is 0. The molecular formula is C20H26N2O11. The lowest BCUT2D eigenvalue weighted by atomic mass is 10.1. The normalized spacial score (nSPS) is 10.8. The Kier molecular flexibility index (Phi) is 11.3. The molecule has 0 unspecified atom stereocenters. The van der Waals surface area contributed by atoms with Crippen LogP contribution in [0, 0.1) is 0 Å². The molecule has 1 aromatic rings. The zero-order valence-corrected chi connectivity index (χ0v) is 17.9. The van der Waals surface area contributed by atoms with Crippen molar-refractivity contribution in [3.63, 3.8) is 0 Å². The van der Waals surface area contributed by atoms with Crippen molar-refractivity contribution in [1.82, 2.24) is 9.80 Å². The second kappa shape index (κ2) is 13.6. The fraction of sp³-hybridized carbons (Fsp3) is 0.450. The lowest BCUT2D eigenvalue weighted by Gasteiger charge is -2.20. The molecule has 0 aliphatic carbocycles. The molecule has 33 heavy (non-hydrogen) atoms. The zero-order valence-electron chi connectivity index (χ0n) is 17.9. The summed E-state index contributed by atoms with van der Waals surface area (Å²) < 4.78 is 11.2. The molecule has 1 rings (SSSR count). The second-order valence-corrected chi connectivity index (χ2v) is 6.91. The lowest BCUT2D eigenvalue weighted by molar-refractivity contribution is -0.143. The molecule has 0 aromatic heterocycles. The molecule has 13 heteroatoms. The average molecular weight is 470 g/mol. The number of carboxylic acid groups (broad SMARTS) is 4. The van der Waals surface area contributed by atoms with Crippen LogP contribution in [0.2, 0.25) is 0 Å². The maximum Gasteiger partial charge on any atom is 0.317 e. The number of rotatable bonds is 17. The van der Waals surface area contributed by atoms with Crippen molar-refractivity contribution in [1.29, 1.82) is 0 Å². The number of ether oxygens (including phenoxy) is 2. The van der Waals surface area contributed by atoms with E-state index in [1.165, 1.54) is 25.1 Å². The fourth-order valence-electron chi connectivity index (χ4n) is 2.72. The smallest absolute Gasteiger partial charge is 0.317 e. The molecule has 0 spiro atoms. The van der Waals surface area contributed by atoms with Crippen LogP contribution in [0.5, 0.6) is 11.5 Å². The number of carbonyl (C=O) groups excluding carboxylic acids is 1. The van der Waals surface area contributed by atoms with Gasteiger partial charge in [-0.1, -0.05) is 0 Å². The molecule has 4 N–H and O–H groups in total. The standard InChI is InChI=1S/C20H26N2O11/c1-13(23)14-2-3-15(32-6-4-21(9-17(24)25)10-18(26)27)16(8-14)33-7-5-22(11-19(28)29)12-20(30)31/h2-3,8H,4-7,9-12H2,1H3,(H,24,25)(H,26,27)(H,28,29)(H,30,31). The average Bonchev–Trinajstić information content (AvgIpc) is 2.66. The van der Waals surface area contributed by atoms with Gasteiger partial charge >= 0.3 is 23.9 Å². The lowest BCUT2D eigenvalue weighted by Crippen LogP contribution is -2.37. The number of carbonyl (C=O) groups is 5. The van der Waals surface area contributed by atoms with Gasteiger partial charge in [0.25, 0.3) is 0 Å². The zero-order chi connectivity index (χ0) is 25.0. The van der Waals surface area contributed by atoms with Crippen LogP contribution in [0.15, 0.2) is 18.2 Å². The summed E-state index contributed by atoms with van der Waals surface area (Å²) in [5.41, 5.74) is 0.309. The third-order valence-corrected chi connectivity index (χ3v) is 4.12. The van der Waals surface area contributed by atoms with Crippen molar-refractivity contribution < 1.29 is 53.9 Å². The number of Topliss-reactive ketones (excluding diaryl/α,β-unsaturated/α-hetero) is 1. The van der Waals surface area contributed by atoms with Gasteiger partial charge in [-0.3, -0.25) is 33.8 Å². The van der Waals surface area contributed by atoms with Gasteiger partial charge in [0, 0.05) is 18.7 Å². The predicted octanol–water partition coefficient (Wildman–Crippen LogP) is -0.411. The Morgan fingerprint density at radius 2 is 1.09 bits per heavy atom. The highest BCUT2D eigenvalue weighted by Crippen LogP contribution is 2.28. The first-order chi connectivity index (χ1) is 15.5. The molecule has 1 aromatic carbocycles. The van der Waals surface area contributed by atoms with Crippen molar-refractivity contribution in [2.75, 3.05) is 52.5 Å². The van der Waals surface area contributed by atoms with Crippen LogP contribution in [0.4, 0.5) is 0 Å². The van der Waals surface area contributed by atoms with Gasteiger partial charge in [0.05, 0.1) is 26.2 Å². The Balaban J connectivity index is 2.85. The third kappa shape index (κ3) is 11.5.